The maximum atomic E-state index is 13.0. The van der Waals surface area contributed by atoms with Crippen LogP contribution in [-0.2, 0) is 0 Å². The Bertz CT molecular complexity index is 615. The Balaban J connectivity index is 1.73. The van der Waals surface area contributed by atoms with Crippen molar-refractivity contribution < 1.29 is 19.4 Å². The summed E-state index contributed by atoms with van der Waals surface area (Å²) in [6, 6.07) is 5.21. The van der Waals surface area contributed by atoms with Crippen molar-refractivity contribution in [2.24, 2.45) is 0 Å². The van der Waals surface area contributed by atoms with E-state index in [0.717, 1.165) is 25.9 Å². The molecule has 2 saturated heterocycles. The molecule has 0 unspecified atom stereocenters. The third-order valence-electron chi connectivity index (χ3n) is 5.20. The first-order chi connectivity index (χ1) is 12.0. The number of methoxy groups -OCH3 is 2. The number of β-amino-alcohol motifs (C(OH)–C–C–N with tert-alkyl or cyclic N) is 1. The molecule has 2 aliphatic heterocycles. The van der Waals surface area contributed by atoms with Gasteiger partial charge in [-0.1, -0.05) is 0 Å². The van der Waals surface area contributed by atoms with E-state index in [1.165, 1.54) is 12.8 Å². The Morgan fingerprint density at radius 2 is 1.92 bits per heavy atom. The molecule has 6 heteroatoms. The Labute approximate surface area is 149 Å². The number of hydrogen-bond acceptors (Lipinski definition) is 5. The quantitative estimate of drug-likeness (QED) is 0.879. The Hall–Kier alpha value is -1.79. The van der Waals surface area contributed by atoms with Gasteiger partial charge < -0.3 is 24.4 Å². The fourth-order valence-corrected chi connectivity index (χ4v) is 3.92. The average molecular weight is 348 g/mol. The fourth-order valence-electron chi connectivity index (χ4n) is 3.92. The molecule has 0 aliphatic carbocycles. The number of rotatable bonds is 5. The van der Waals surface area contributed by atoms with Gasteiger partial charge in [-0.25, -0.2) is 0 Å². The topological polar surface area (TPSA) is 62.2 Å². The van der Waals surface area contributed by atoms with Crippen LogP contribution in [0.2, 0.25) is 0 Å². The first kappa shape index (κ1) is 18.0. The van der Waals surface area contributed by atoms with Crippen LogP contribution < -0.4 is 9.47 Å². The molecule has 0 bridgehead atoms. The summed E-state index contributed by atoms with van der Waals surface area (Å²) in [6.45, 7) is 3.77. The molecule has 1 aromatic rings. The summed E-state index contributed by atoms with van der Waals surface area (Å²) in [5, 5.41) is 11.0. The fraction of sp³-hybridized carbons (Fsp3) is 0.632. The average Bonchev–Trinajstić information content (AvgIpc) is 3.12. The smallest absolute Gasteiger partial charge is 0.257 e. The predicted octanol–water partition coefficient (Wildman–Crippen LogP) is 1.77. The van der Waals surface area contributed by atoms with E-state index in [1.54, 1.807) is 37.3 Å². The van der Waals surface area contributed by atoms with Gasteiger partial charge in [0, 0.05) is 19.2 Å². The molecule has 6 nitrogen and oxygen atoms in total. The summed E-state index contributed by atoms with van der Waals surface area (Å²) in [5.74, 6) is 1.05. The minimum atomic E-state index is -0.821. The summed E-state index contributed by atoms with van der Waals surface area (Å²) in [4.78, 5) is 17.0. The molecule has 2 fully saturated rings. The second-order valence-electron chi connectivity index (χ2n) is 7.10. The summed E-state index contributed by atoms with van der Waals surface area (Å²) in [6.07, 6.45) is 3.95. The van der Waals surface area contributed by atoms with Gasteiger partial charge >= 0.3 is 0 Å². The second kappa shape index (κ2) is 7.62. The number of likely N-dealkylation sites (tertiary alicyclic amines) is 2. The van der Waals surface area contributed by atoms with Crippen molar-refractivity contribution >= 4 is 5.91 Å². The van der Waals surface area contributed by atoms with Gasteiger partial charge in [0.2, 0.25) is 0 Å². The normalized spacial score (nSPS) is 24.4. The van der Waals surface area contributed by atoms with Gasteiger partial charge in [-0.3, -0.25) is 4.79 Å². The van der Waals surface area contributed by atoms with Crippen molar-refractivity contribution in [1.82, 2.24) is 9.80 Å². The van der Waals surface area contributed by atoms with Crippen LogP contribution in [0.5, 0.6) is 11.5 Å². The highest BCUT2D eigenvalue weighted by molar-refractivity contribution is 5.97. The zero-order valence-electron chi connectivity index (χ0n) is 15.2. The van der Waals surface area contributed by atoms with Crippen molar-refractivity contribution in [2.75, 3.05) is 46.9 Å². The number of piperidine rings is 1. The summed E-state index contributed by atoms with van der Waals surface area (Å²) in [5.41, 5.74) is -0.313. The lowest BCUT2D eigenvalue weighted by atomic mass is 9.91. The standard InChI is InChI=1S/C19H28N2O4/c1-24-15-6-7-16(17(12-15)25-2)18(22)21-11-5-8-19(23,14-21)13-20-9-3-4-10-20/h6-7,12,23H,3-5,8-11,13-14H2,1-2H3/t19-/m1/s1. The number of ether oxygens (including phenoxy) is 2. The Kier molecular flexibility index (Phi) is 5.49. The molecule has 1 atom stereocenters. The van der Waals surface area contributed by atoms with Crippen LogP contribution in [0.25, 0.3) is 0 Å². The van der Waals surface area contributed by atoms with Crippen LogP contribution in [0.3, 0.4) is 0 Å². The monoisotopic (exact) mass is 348 g/mol. The highest BCUT2D eigenvalue weighted by Crippen LogP contribution is 2.29. The molecule has 2 aliphatic rings. The van der Waals surface area contributed by atoms with Crippen LogP contribution in [0.1, 0.15) is 36.0 Å². The molecule has 0 spiro atoms. The minimum Gasteiger partial charge on any atom is -0.497 e. The van der Waals surface area contributed by atoms with Gasteiger partial charge in [-0.15, -0.1) is 0 Å². The predicted molar refractivity (Wildman–Crippen MR) is 95.3 cm³/mol. The van der Waals surface area contributed by atoms with Gasteiger partial charge in [0.1, 0.15) is 11.5 Å². The summed E-state index contributed by atoms with van der Waals surface area (Å²) in [7, 11) is 3.13. The van der Waals surface area contributed by atoms with E-state index in [4.69, 9.17) is 9.47 Å². The lowest BCUT2D eigenvalue weighted by molar-refractivity contribution is -0.0431. The van der Waals surface area contributed by atoms with Gasteiger partial charge in [-0.05, 0) is 50.9 Å². The van der Waals surface area contributed by atoms with Crippen LogP contribution in [0.15, 0.2) is 18.2 Å². The lowest BCUT2D eigenvalue weighted by Crippen LogP contribution is -2.55. The number of aliphatic hydroxyl groups is 1. The largest absolute Gasteiger partial charge is 0.497 e. The van der Waals surface area contributed by atoms with E-state index in [0.29, 0.717) is 36.7 Å². The van der Waals surface area contributed by atoms with E-state index in [1.807, 2.05) is 0 Å². The van der Waals surface area contributed by atoms with Crippen LogP contribution >= 0.6 is 0 Å². The van der Waals surface area contributed by atoms with E-state index in [9.17, 15) is 9.90 Å². The first-order valence-corrected chi connectivity index (χ1v) is 9.01. The van der Waals surface area contributed by atoms with Crippen molar-refractivity contribution in [3.05, 3.63) is 23.8 Å². The third kappa shape index (κ3) is 4.07. The van der Waals surface area contributed by atoms with E-state index >= 15 is 0 Å². The van der Waals surface area contributed by atoms with Crippen LogP contribution in [0.4, 0.5) is 0 Å². The van der Waals surface area contributed by atoms with Gasteiger partial charge in [0.25, 0.3) is 5.91 Å². The van der Waals surface area contributed by atoms with Crippen molar-refractivity contribution in [3.8, 4) is 11.5 Å². The molecular weight excluding hydrogens is 320 g/mol. The number of hydrogen-bond donors (Lipinski definition) is 1. The first-order valence-electron chi connectivity index (χ1n) is 9.01. The van der Waals surface area contributed by atoms with Gasteiger partial charge in [-0.2, -0.15) is 0 Å². The molecular formula is C19H28N2O4. The molecule has 2 heterocycles. The maximum absolute atomic E-state index is 13.0. The highest BCUT2D eigenvalue weighted by Gasteiger charge is 2.37. The van der Waals surface area contributed by atoms with E-state index in [-0.39, 0.29) is 5.91 Å². The highest BCUT2D eigenvalue weighted by atomic mass is 16.5. The Morgan fingerprint density at radius 1 is 1.16 bits per heavy atom. The molecule has 0 saturated carbocycles. The third-order valence-corrected chi connectivity index (χ3v) is 5.20. The molecule has 1 aromatic carbocycles. The number of carbonyl (C=O) groups is 1. The number of carbonyl (C=O) groups excluding carboxylic acids is 1. The molecule has 25 heavy (non-hydrogen) atoms. The molecule has 3 rings (SSSR count). The number of benzene rings is 1. The van der Waals surface area contributed by atoms with Gasteiger partial charge in [0.05, 0.1) is 31.9 Å². The maximum Gasteiger partial charge on any atom is 0.257 e. The van der Waals surface area contributed by atoms with E-state index in [2.05, 4.69) is 4.90 Å². The minimum absolute atomic E-state index is 0.0981. The molecule has 138 valence electrons. The second-order valence-corrected chi connectivity index (χ2v) is 7.10. The van der Waals surface area contributed by atoms with Crippen molar-refractivity contribution in [3.63, 3.8) is 0 Å². The zero-order chi connectivity index (χ0) is 17.9. The summed E-state index contributed by atoms with van der Waals surface area (Å²) >= 11 is 0. The lowest BCUT2D eigenvalue weighted by Gasteiger charge is -2.41. The zero-order valence-corrected chi connectivity index (χ0v) is 15.2. The van der Waals surface area contributed by atoms with Crippen molar-refractivity contribution in [2.45, 2.75) is 31.3 Å². The number of amides is 1. The molecule has 1 amide bonds. The van der Waals surface area contributed by atoms with Crippen molar-refractivity contribution in [1.29, 1.82) is 0 Å². The Morgan fingerprint density at radius 3 is 2.60 bits per heavy atom. The molecule has 0 aromatic heterocycles. The number of nitrogens with zero attached hydrogens (tertiary/aromatic N) is 2. The summed E-state index contributed by atoms with van der Waals surface area (Å²) < 4.78 is 10.6. The van der Waals surface area contributed by atoms with Crippen LogP contribution in [-0.4, -0.2) is 73.4 Å². The van der Waals surface area contributed by atoms with Crippen LogP contribution in [0, 0.1) is 0 Å². The van der Waals surface area contributed by atoms with Gasteiger partial charge in [0.15, 0.2) is 0 Å². The molecule has 1 N–H and O–H groups in total. The van der Waals surface area contributed by atoms with E-state index < -0.39 is 5.60 Å². The molecule has 0 radical (unpaired) electrons. The SMILES string of the molecule is COc1ccc(C(=O)N2CCC[C@@](O)(CN3CCCC3)C2)c(OC)c1.